The highest BCUT2D eigenvalue weighted by Crippen LogP contribution is 2.34. The Morgan fingerprint density at radius 1 is 1.24 bits per heavy atom. The van der Waals surface area contributed by atoms with E-state index in [1.165, 1.54) is 25.7 Å². The van der Waals surface area contributed by atoms with Gasteiger partial charge in [-0.25, -0.2) is 0 Å². The average molecular weight is 243 g/mol. The van der Waals surface area contributed by atoms with Crippen LogP contribution < -0.4 is 5.32 Å². The van der Waals surface area contributed by atoms with Gasteiger partial charge in [0.25, 0.3) is 0 Å². The first-order valence-electron chi connectivity index (χ1n) is 6.94. The second-order valence-corrected chi connectivity index (χ2v) is 5.87. The summed E-state index contributed by atoms with van der Waals surface area (Å²) in [5.74, 6) is 0. The van der Waals surface area contributed by atoms with E-state index in [-0.39, 0.29) is 0 Å². The van der Waals surface area contributed by atoms with Crippen molar-refractivity contribution in [3.05, 3.63) is 0 Å². The topological polar surface area (TPSA) is 30.5 Å². The van der Waals surface area contributed by atoms with E-state index in [1.54, 1.807) is 7.11 Å². The minimum atomic E-state index is 0.523. The van der Waals surface area contributed by atoms with Crippen molar-refractivity contribution < 1.29 is 9.47 Å². The smallest absolute Gasteiger partial charge is 0.0591 e. The molecule has 1 fully saturated rings. The summed E-state index contributed by atoms with van der Waals surface area (Å²) in [6.07, 6.45) is 6.36. The number of hydrogen-bond acceptors (Lipinski definition) is 3. The van der Waals surface area contributed by atoms with Crippen LogP contribution in [0.15, 0.2) is 0 Å². The first-order valence-corrected chi connectivity index (χ1v) is 6.94. The number of rotatable bonds is 8. The fourth-order valence-electron chi connectivity index (χ4n) is 2.62. The first-order chi connectivity index (χ1) is 8.14. The third-order valence-corrected chi connectivity index (χ3v) is 3.52. The minimum Gasteiger partial charge on any atom is -0.385 e. The molecule has 1 aliphatic rings. The van der Waals surface area contributed by atoms with Gasteiger partial charge in [-0.2, -0.15) is 0 Å². The van der Waals surface area contributed by atoms with Crippen LogP contribution in [0, 0.1) is 5.41 Å². The molecule has 1 aliphatic carbocycles. The SMILES string of the molecule is COCCCOCCNC1CCCC(C)(C)C1. The van der Waals surface area contributed by atoms with Crippen LogP contribution in [0.4, 0.5) is 0 Å². The lowest BCUT2D eigenvalue weighted by molar-refractivity contribution is 0.0994. The Bertz CT molecular complexity index is 195. The monoisotopic (exact) mass is 243 g/mol. The van der Waals surface area contributed by atoms with E-state index in [2.05, 4.69) is 19.2 Å². The van der Waals surface area contributed by atoms with Crippen LogP contribution in [-0.2, 0) is 9.47 Å². The largest absolute Gasteiger partial charge is 0.385 e. The molecule has 0 spiro atoms. The molecule has 3 nitrogen and oxygen atoms in total. The Morgan fingerprint density at radius 3 is 2.76 bits per heavy atom. The fourth-order valence-corrected chi connectivity index (χ4v) is 2.62. The van der Waals surface area contributed by atoms with Gasteiger partial charge in [0, 0.05) is 32.9 Å². The molecule has 1 rings (SSSR count). The van der Waals surface area contributed by atoms with Crippen LogP contribution in [-0.4, -0.2) is 39.5 Å². The van der Waals surface area contributed by atoms with E-state index >= 15 is 0 Å². The van der Waals surface area contributed by atoms with Crippen molar-refractivity contribution in [2.45, 2.75) is 52.0 Å². The summed E-state index contributed by atoms with van der Waals surface area (Å²) in [4.78, 5) is 0. The molecule has 0 aromatic heterocycles. The van der Waals surface area contributed by atoms with Gasteiger partial charge < -0.3 is 14.8 Å². The normalized spacial score (nSPS) is 23.8. The average Bonchev–Trinajstić information content (AvgIpc) is 2.27. The number of methoxy groups -OCH3 is 1. The Morgan fingerprint density at radius 2 is 2.06 bits per heavy atom. The predicted octanol–water partition coefficient (Wildman–Crippen LogP) is 2.60. The lowest BCUT2D eigenvalue weighted by atomic mass is 9.75. The molecule has 102 valence electrons. The van der Waals surface area contributed by atoms with Crippen LogP contribution in [0.3, 0.4) is 0 Å². The molecule has 1 saturated carbocycles. The Balaban J connectivity index is 1.95. The Kier molecular flexibility index (Phi) is 7.09. The summed E-state index contributed by atoms with van der Waals surface area (Å²) in [5.41, 5.74) is 0.523. The fraction of sp³-hybridized carbons (Fsp3) is 1.00. The highest BCUT2D eigenvalue weighted by atomic mass is 16.5. The van der Waals surface area contributed by atoms with Crippen molar-refractivity contribution in [3.8, 4) is 0 Å². The third kappa shape index (κ3) is 7.02. The third-order valence-electron chi connectivity index (χ3n) is 3.52. The van der Waals surface area contributed by atoms with Gasteiger partial charge in [0.05, 0.1) is 6.61 Å². The molecular weight excluding hydrogens is 214 g/mol. The molecule has 1 N–H and O–H groups in total. The molecule has 0 radical (unpaired) electrons. The van der Waals surface area contributed by atoms with E-state index in [0.717, 1.165) is 32.8 Å². The summed E-state index contributed by atoms with van der Waals surface area (Å²) in [6.45, 7) is 8.16. The van der Waals surface area contributed by atoms with Gasteiger partial charge >= 0.3 is 0 Å². The standard InChI is InChI=1S/C14H29NO2/c1-14(2)7-4-6-13(12-14)15-8-11-17-10-5-9-16-3/h13,15H,4-12H2,1-3H3. The van der Waals surface area contributed by atoms with E-state index in [1.807, 2.05) is 0 Å². The van der Waals surface area contributed by atoms with E-state index in [0.29, 0.717) is 11.5 Å². The summed E-state index contributed by atoms with van der Waals surface area (Å²) < 4.78 is 10.5. The van der Waals surface area contributed by atoms with Crippen molar-refractivity contribution in [2.24, 2.45) is 5.41 Å². The molecule has 0 saturated heterocycles. The van der Waals surface area contributed by atoms with Gasteiger partial charge in [-0.1, -0.05) is 20.3 Å². The molecule has 0 aromatic carbocycles. The van der Waals surface area contributed by atoms with Crippen LogP contribution in [0.2, 0.25) is 0 Å². The molecule has 3 heteroatoms. The molecular formula is C14H29NO2. The van der Waals surface area contributed by atoms with Crippen molar-refractivity contribution in [1.29, 1.82) is 0 Å². The van der Waals surface area contributed by atoms with Gasteiger partial charge in [0.2, 0.25) is 0 Å². The van der Waals surface area contributed by atoms with Crippen LogP contribution in [0.5, 0.6) is 0 Å². The lowest BCUT2D eigenvalue weighted by Gasteiger charge is -2.35. The molecule has 0 aliphatic heterocycles. The number of ether oxygens (including phenoxy) is 2. The molecule has 0 heterocycles. The van der Waals surface area contributed by atoms with Crippen LogP contribution in [0.1, 0.15) is 46.0 Å². The maximum absolute atomic E-state index is 5.54. The van der Waals surface area contributed by atoms with Crippen molar-refractivity contribution in [2.75, 3.05) is 33.5 Å². The molecule has 0 aromatic rings. The molecule has 0 bridgehead atoms. The minimum absolute atomic E-state index is 0.523. The van der Waals surface area contributed by atoms with Crippen molar-refractivity contribution >= 4 is 0 Å². The Hall–Kier alpha value is -0.120. The van der Waals surface area contributed by atoms with Gasteiger partial charge in [0.15, 0.2) is 0 Å². The second kappa shape index (κ2) is 8.06. The predicted molar refractivity (Wildman–Crippen MR) is 71.4 cm³/mol. The molecule has 17 heavy (non-hydrogen) atoms. The van der Waals surface area contributed by atoms with Crippen molar-refractivity contribution in [3.63, 3.8) is 0 Å². The lowest BCUT2D eigenvalue weighted by Crippen LogP contribution is -2.38. The number of nitrogens with one attached hydrogen (secondary N) is 1. The molecule has 0 amide bonds. The van der Waals surface area contributed by atoms with E-state index in [4.69, 9.17) is 9.47 Å². The van der Waals surface area contributed by atoms with Crippen molar-refractivity contribution in [1.82, 2.24) is 5.32 Å². The van der Waals surface area contributed by atoms with Crippen LogP contribution >= 0.6 is 0 Å². The van der Waals surface area contributed by atoms with E-state index < -0.39 is 0 Å². The Labute approximate surface area is 106 Å². The maximum Gasteiger partial charge on any atom is 0.0591 e. The zero-order valence-electron chi connectivity index (χ0n) is 11.8. The first kappa shape index (κ1) is 14.9. The van der Waals surface area contributed by atoms with Gasteiger partial charge in [0.1, 0.15) is 0 Å². The van der Waals surface area contributed by atoms with Crippen LogP contribution in [0.25, 0.3) is 0 Å². The zero-order chi connectivity index (χ0) is 12.6. The molecule has 1 unspecified atom stereocenters. The summed E-state index contributed by atoms with van der Waals surface area (Å²) in [6, 6.07) is 0.696. The van der Waals surface area contributed by atoms with Gasteiger partial charge in [-0.05, 0) is 31.1 Å². The summed E-state index contributed by atoms with van der Waals surface area (Å²) in [7, 11) is 1.73. The second-order valence-electron chi connectivity index (χ2n) is 5.87. The quantitative estimate of drug-likeness (QED) is 0.665. The maximum atomic E-state index is 5.54. The summed E-state index contributed by atoms with van der Waals surface area (Å²) >= 11 is 0. The van der Waals surface area contributed by atoms with Gasteiger partial charge in [-0.15, -0.1) is 0 Å². The van der Waals surface area contributed by atoms with E-state index in [9.17, 15) is 0 Å². The van der Waals surface area contributed by atoms with Gasteiger partial charge in [-0.3, -0.25) is 0 Å². The highest BCUT2D eigenvalue weighted by molar-refractivity contribution is 4.83. The zero-order valence-corrected chi connectivity index (χ0v) is 11.8. The highest BCUT2D eigenvalue weighted by Gasteiger charge is 2.27. The molecule has 1 atom stereocenters. The summed E-state index contributed by atoms with van der Waals surface area (Å²) in [5, 5.41) is 3.61. The number of hydrogen-bond donors (Lipinski definition) is 1.